The van der Waals surface area contributed by atoms with Gasteiger partial charge < -0.3 is 9.33 Å². The Morgan fingerprint density at radius 1 is 1.05 bits per heavy atom. The number of halogens is 1. The smallest absolute Gasteiger partial charge is 0.192 e. The summed E-state index contributed by atoms with van der Waals surface area (Å²) in [5.74, 6) is -0.275. The molecule has 0 N–H and O–H groups in total. The molecule has 0 radical (unpaired) electrons. The van der Waals surface area contributed by atoms with E-state index in [2.05, 4.69) is 59.6 Å². The van der Waals surface area contributed by atoms with Gasteiger partial charge in [-0.1, -0.05) is 26.8 Å². The fourth-order valence-electron chi connectivity index (χ4n) is 5.39. The lowest BCUT2D eigenvalue weighted by atomic mass is 10.1. The van der Waals surface area contributed by atoms with Crippen molar-refractivity contribution >= 4 is 24.9 Å². The summed E-state index contributed by atoms with van der Waals surface area (Å²) in [5, 5.41) is 10.8. The van der Waals surface area contributed by atoms with Gasteiger partial charge >= 0.3 is 0 Å². The second kappa shape index (κ2) is 11.3. The predicted molar refractivity (Wildman–Crippen MR) is 167 cm³/mol. The molecule has 5 heterocycles. The fraction of sp³-hybridized carbons (Fsp3) is 0.438. The lowest BCUT2D eigenvalue weighted by molar-refractivity contribution is 0.148. The van der Waals surface area contributed by atoms with Gasteiger partial charge in [0.25, 0.3) is 0 Å². The van der Waals surface area contributed by atoms with Gasteiger partial charge in [0.05, 0.1) is 35.3 Å². The van der Waals surface area contributed by atoms with E-state index in [0.717, 1.165) is 67.1 Å². The van der Waals surface area contributed by atoms with Crippen molar-refractivity contribution in [3.63, 3.8) is 0 Å². The van der Waals surface area contributed by atoms with Crippen molar-refractivity contribution in [3.8, 4) is 11.3 Å². The van der Waals surface area contributed by atoms with E-state index >= 15 is 0 Å². The van der Waals surface area contributed by atoms with Crippen LogP contribution in [-0.2, 0) is 10.8 Å². The highest BCUT2D eigenvalue weighted by Gasteiger charge is 2.37. The zero-order valence-electron chi connectivity index (χ0n) is 25.2. The minimum absolute atomic E-state index is 0.240. The van der Waals surface area contributed by atoms with E-state index in [1.165, 1.54) is 6.07 Å². The molecule has 1 fully saturated rings. The summed E-state index contributed by atoms with van der Waals surface area (Å²) in [7, 11) is -1.71. The number of hydrogen-bond acceptors (Lipinski definition) is 6. The van der Waals surface area contributed by atoms with Crippen molar-refractivity contribution < 1.29 is 8.82 Å². The Morgan fingerprint density at radius 3 is 2.64 bits per heavy atom. The average Bonchev–Trinajstić information content (AvgIpc) is 3.61. The maximum Gasteiger partial charge on any atom is 0.192 e. The van der Waals surface area contributed by atoms with Gasteiger partial charge in [-0.3, -0.25) is 9.67 Å². The predicted octanol–water partition coefficient (Wildman–Crippen LogP) is 6.53. The number of rotatable bonds is 8. The van der Waals surface area contributed by atoms with E-state index in [1.54, 1.807) is 12.4 Å². The monoisotopic (exact) mass is 585 g/mol. The Balaban J connectivity index is 1.11. The maximum atomic E-state index is 14.9. The number of likely N-dealkylation sites (tertiary alicyclic amines) is 1. The van der Waals surface area contributed by atoms with Crippen LogP contribution in [0.1, 0.15) is 50.9 Å². The maximum absolute atomic E-state index is 14.9. The standard InChI is InChI=1S/C32H40FN7OSi/c1-32(2,3)42(4,5)41-16-15-38-13-10-26(11-14-38)39-22-25(20-36-39)29-8-9-31-35-21-27(40(31)37-29)18-24-17-23-7-6-12-34-30(23)19-28(24)33/h6-9,12,17,19-22,26H,10-11,13-16,18H2,1-5H3. The molecule has 0 amide bonds. The summed E-state index contributed by atoms with van der Waals surface area (Å²) >= 11 is 0. The number of aromatic nitrogens is 6. The molecule has 8 nitrogen and oxygen atoms in total. The third-order valence-electron chi connectivity index (χ3n) is 9.08. The molecule has 0 saturated carbocycles. The highest BCUT2D eigenvalue weighted by atomic mass is 28.4. The molecule has 10 heteroatoms. The first-order valence-electron chi connectivity index (χ1n) is 14.8. The van der Waals surface area contributed by atoms with E-state index in [0.29, 0.717) is 23.5 Å². The molecule has 0 aliphatic carbocycles. The van der Waals surface area contributed by atoms with E-state index in [9.17, 15) is 4.39 Å². The molecule has 42 heavy (non-hydrogen) atoms. The molecule has 220 valence electrons. The average molecular weight is 586 g/mol. The van der Waals surface area contributed by atoms with E-state index in [4.69, 9.17) is 14.6 Å². The van der Waals surface area contributed by atoms with Gasteiger partial charge in [-0.25, -0.2) is 13.9 Å². The summed E-state index contributed by atoms with van der Waals surface area (Å²) < 4.78 is 25.2. The first-order chi connectivity index (χ1) is 20.1. The molecular weight excluding hydrogens is 545 g/mol. The lowest BCUT2D eigenvalue weighted by Crippen LogP contribution is -2.44. The molecule has 5 aromatic rings. The van der Waals surface area contributed by atoms with E-state index in [1.807, 2.05) is 41.0 Å². The van der Waals surface area contributed by atoms with Crippen LogP contribution < -0.4 is 0 Å². The highest BCUT2D eigenvalue weighted by Crippen LogP contribution is 2.36. The van der Waals surface area contributed by atoms with E-state index in [-0.39, 0.29) is 10.9 Å². The number of piperidine rings is 1. The van der Waals surface area contributed by atoms with Gasteiger partial charge in [-0.2, -0.15) is 10.2 Å². The van der Waals surface area contributed by atoms with Crippen molar-refractivity contribution in [1.29, 1.82) is 0 Å². The van der Waals surface area contributed by atoms with Gasteiger partial charge in [0, 0.05) is 62.1 Å². The van der Waals surface area contributed by atoms with Crippen molar-refractivity contribution in [2.75, 3.05) is 26.2 Å². The Morgan fingerprint density at radius 2 is 1.86 bits per heavy atom. The molecule has 1 aliphatic rings. The summed E-state index contributed by atoms with van der Waals surface area (Å²) in [6, 6.07) is 11.5. The van der Waals surface area contributed by atoms with E-state index < -0.39 is 8.32 Å². The Bertz CT molecular complexity index is 1700. The van der Waals surface area contributed by atoms with Crippen LogP contribution in [0.25, 0.3) is 27.8 Å². The van der Waals surface area contributed by atoms with Crippen LogP contribution in [0.15, 0.2) is 61.2 Å². The minimum Gasteiger partial charge on any atom is -0.416 e. The van der Waals surface area contributed by atoms with Crippen LogP contribution >= 0.6 is 0 Å². The van der Waals surface area contributed by atoms with Crippen LogP contribution in [0.2, 0.25) is 18.1 Å². The lowest BCUT2D eigenvalue weighted by Gasteiger charge is -2.37. The van der Waals surface area contributed by atoms with Crippen molar-refractivity contribution in [3.05, 3.63) is 78.3 Å². The van der Waals surface area contributed by atoms with Crippen LogP contribution in [0.5, 0.6) is 0 Å². The Hall–Kier alpha value is -3.47. The van der Waals surface area contributed by atoms with Crippen molar-refractivity contribution in [2.24, 2.45) is 0 Å². The first-order valence-corrected chi connectivity index (χ1v) is 17.8. The summed E-state index contributed by atoms with van der Waals surface area (Å²) in [4.78, 5) is 11.3. The largest absolute Gasteiger partial charge is 0.416 e. The zero-order chi connectivity index (χ0) is 29.5. The molecule has 1 saturated heterocycles. The van der Waals surface area contributed by atoms with Crippen molar-refractivity contribution in [2.45, 2.75) is 64.2 Å². The topological polar surface area (TPSA) is 73.4 Å². The van der Waals surface area contributed by atoms with Crippen LogP contribution in [-0.4, -0.2) is 68.8 Å². The van der Waals surface area contributed by atoms with Gasteiger partial charge in [-0.05, 0) is 60.8 Å². The molecule has 0 bridgehead atoms. The SMILES string of the molecule is CC(C)(C)[Si](C)(C)OCCN1CCC(n2cc(-c3ccc4ncc(Cc5cc6cccnc6cc5F)n4n3)cn2)CC1. The molecule has 0 atom stereocenters. The fourth-order valence-corrected chi connectivity index (χ4v) is 6.43. The number of hydrogen-bond donors (Lipinski definition) is 0. The molecule has 0 spiro atoms. The molecule has 1 aliphatic heterocycles. The molecular formula is C32H40FN7OSi. The molecule has 4 aromatic heterocycles. The van der Waals surface area contributed by atoms with Crippen molar-refractivity contribution in [1.82, 2.24) is 34.3 Å². The van der Waals surface area contributed by atoms with Gasteiger partial charge in [0.15, 0.2) is 14.0 Å². The quantitative estimate of drug-likeness (QED) is 0.193. The zero-order valence-corrected chi connectivity index (χ0v) is 26.2. The Kier molecular flexibility index (Phi) is 7.71. The van der Waals surface area contributed by atoms with Crippen LogP contribution in [0.3, 0.4) is 0 Å². The first kappa shape index (κ1) is 28.6. The third kappa shape index (κ3) is 5.88. The number of nitrogens with zero attached hydrogens (tertiary/aromatic N) is 7. The van der Waals surface area contributed by atoms with Gasteiger partial charge in [0.1, 0.15) is 5.82 Å². The molecule has 6 rings (SSSR count). The number of benzene rings is 1. The third-order valence-corrected chi connectivity index (χ3v) is 13.6. The van der Waals surface area contributed by atoms with Crippen LogP contribution in [0.4, 0.5) is 4.39 Å². The normalized spacial score (nSPS) is 15.7. The summed E-state index contributed by atoms with van der Waals surface area (Å²) in [5.41, 5.74) is 4.58. The van der Waals surface area contributed by atoms with Gasteiger partial charge in [-0.15, -0.1) is 0 Å². The second-order valence-corrected chi connectivity index (χ2v) is 17.8. The summed E-state index contributed by atoms with van der Waals surface area (Å²) in [6.07, 6.45) is 9.94. The number of pyridine rings is 1. The summed E-state index contributed by atoms with van der Waals surface area (Å²) in [6.45, 7) is 15.4. The minimum atomic E-state index is -1.71. The Labute approximate surface area is 247 Å². The highest BCUT2D eigenvalue weighted by molar-refractivity contribution is 6.74. The van der Waals surface area contributed by atoms with Crippen LogP contribution in [0, 0.1) is 5.82 Å². The van der Waals surface area contributed by atoms with Gasteiger partial charge in [0.2, 0.25) is 0 Å². The molecule has 0 unspecified atom stereocenters. The molecule has 1 aromatic carbocycles. The number of fused-ring (bicyclic) bond motifs is 2. The second-order valence-electron chi connectivity index (χ2n) is 12.9. The number of imidazole rings is 1.